The van der Waals surface area contributed by atoms with Crippen LogP contribution in [0.2, 0.25) is 0 Å². The molecule has 1 aromatic heterocycles. The van der Waals surface area contributed by atoms with E-state index in [0.29, 0.717) is 12.2 Å². The summed E-state index contributed by atoms with van der Waals surface area (Å²) >= 11 is 0. The Labute approximate surface area is 118 Å². The summed E-state index contributed by atoms with van der Waals surface area (Å²) < 4.78 is 19.2. The van der Waals surface area contributed by atoms with Crippen molar-refractivity contribution in [2.45, 2.75) is 19.6 Å². The van der Waals surface area contributed by atoms with Gasteiger partial charge in [0, 0.05) is 30.4 Å². The van der Waals surface area contributed by atoms with Gasteiger partial charge in [-0.25, -0.2) is 4.39 Å². The Morgan fingerprint density at radius 3 is 2.90 bits per heavy atom. The number of pyridine rings is 1. The molecule has 2 aromatic rings. The van der Waals surface area contributed by atoms with E-state index in [1.807, 2.05) is 31.3 Å². The quantitative estimate of drug-likeness (QED) is 0.788. The lowest BCUT2D eigenvalue weighted by Gasteiger charge is -2.08. The minimum Gasteiger partial charge on any atom is -0.376 e. The van der Waals surface area contributed by atoms with E-state index < -0.39 is 0 Å². The Balaban J connectivity index is 1.83. The molecule has 0 aliphatic rings. The Kier molecular flexibility index (Phi) is 5.65. The van der Waals surface area contributed by atoms with Gasteiger partial charge in [0.05, 0.1) is 13.2 Å². The van der Waals surface area contributed by atoms with Crippen molar-refractivity contribution in [3.63, 3.8) is 0 Å². The van der Waals surface area contributed by atoms with E-state index >= 15 is 0 Å². The lowest BCUT2D eigenvalue weighted by Crippen LogP contribution is -2.07. The summed E-state index contributed by atoms with van der Waals surface area (Å²) in [5.41, 5.74) is 2.63. The van der Waals surface area contributed by atoms with Crippen molar-refractivity contribution in [2.24, 2.45) is 0 Å². The van der Waals surface area contributed by atoms with E-state index in [0.717, 1.165) is 24.2 Å². The van der Waals surface area contributed by atoms with E-state index in [-0.39, 0.29) is 12.4 Å². The second-order valence-corrected chi connectivity index (χ2v) is 4.58. The molecule has 1 aromatic carbocycles. The standard InChI is InChI=1S/C16H19FN2O/c1-18-11-13-5-6-16(17)14(10-13)12-20-9-7-15-4-2-3-8-19-15/h2-6,8,10,18H,7,9,11-12H2,1H3. The lowest BCUT2D eigenvalue weighted by molar-refractivity contribution is 0.121. The van der Waals surface area contributed by atoms with Crippen LogP contribution in [0.1, 0.15) is 16.8 Å². The summed E-state index contributed by atoms with van der Waals surface area (Å²) in [7, 11) is 1.87. The fourth-order valence-corrected chi connectivity index (χ4v) is 1.96. The van der Waals surface area contributed by atoms with Crippen molar-refractivity contribution in [3.8, 4) is 0 Å². The molecule has 0 saturated carbocycles. The third-order valence-electron chi connectivity index (χ3n) is 2.98. The van der Waals surface area contributed by atoms with E-state index in [9.17, 15) is 4.39 Å². The highest BCUT2D eigenvalue weighted by Gasteiger charge is 2.04. The van der Waals surface area contributed by atoms with Gasteiger partial charge >= 0.3 is 0 Å². The van der Waals surface area contributed by atoms with Gasteiger partial charge in [0.15, 0.2) is 0 Å². The summed E-state index contributed by atoms with van der Waals surface area (Å²) in [4.78, 5) is 4.22. The predicted octanol–water partition coefficient (Wildman–Crippen LogP) is 2.70. The predicted molar refractivity (Wildman–Crippen MR) is 76.8 cm³/mol. The second-order valence-electron chi connectivity index (χ2n) is 4.58. The van der Waals surface area contributed by atoms with Crippen LogP contribution < -0.4 is 5.32 Å². The molecule has 1 heterocycles. The number of hydrogen-bond donors (Lipinski definition) is 1. The van der Waals surface area contributed by atoms with Gasteiger partial charge in [0.2, 0.25) is 0 Å². The Morgan fingerprint density at radius 1 is 1.25 bits per heavy atom. The zero-order valence-electron chi connectivity index (χ0n) is 11.6. The summed E-state index contributed by atoms with van der Waals surface area (Å²) in [5, 5.41) is 3.05. The Hall–Kier alpha value is -1.78. The molecule has 0 amide bonds. The zero-order valence-corrected chi connectivity index (χ0v) is 11.6. The second kappa shape index (κ2) is 7.72. The topological polar surface area (TPSA) is 34.1 Å². The molecule has 1 N–H and O–H groups in total. The van der Waals surface area contributed by atoms with Crippen molar-refractivity contribution in [1.29, 1.82) is 0 Å². The molecule has 106 valence electrons. The monoisotopic (exact) mass is 274 g/mol. The molecule has 0 aliphatic heterocycles. The summed E-state index contributed by atoms with van der Waals surface area (Å²) in [6.45, 7) is 1.55. The van der Waals surface area contributed by atoms with Crippen molar-refractivity contribution in [1.82, 2.24) is 10.3 Å². The van der Waals surface area contributed by atoms with Crippen LogP contribution >= 0.6 is 0 Å². The number of halogens is 1. The number of hydrogen-bond acceptors (Lipinski definition) is 3. The van der Waals surface area contributed by atoms with Crippen LogP contribution in [0.25, 0.3) is 0 Å². The molecular weight excluding hydrogens is 255 g/mol. The number of nitrogens with one attached hydrogen (secondary N) is 1. The Bertz CT molecular complexity index is 531. The van der Waals surface area contributed by atoms with Crippen LogP contribution in [0.5, 0.6) is 0 Å². The third-order valence-corrected chi connectivity index (χ3v) is 2.98. The SMILES string of the molecule is CNCc1ccc(F)c(COCCc2ccccn2)c1. The summed E-state index contributed by atoms with van der Waals surface area (Å²) in [6, 6.07) is 10.9. The molecule has 20 heavy (non-hydrogen) atoms. The molecule has 0 fully saturated rings. The van der Waals surface area contributed by atoms with Gasteiger partial charge in [-0.15, -0.1) is 0 Å². The minimum atomic E-state index is -0.220. The smallest absolute Gasteiger partial charge is 0.128 e. The van der Waals surface area contributed by atoms with E-state index in [1.165, 1.54) is 6.07 Å². The first-order valence-corrected chi connectivity index (χ1v) is 6.69. The van der Waals surface area contributed by atoms with Crippen LogP contribution in [0, 0.1) is 5.82 Å². The number of benzene rings is 1. The average Bonchev–Trinajstić information content (AvgIpc) is 2.48. The number of ether oxygens (including phenoxy) is 1. The number of nitrogens with zero attached hydrogens (tertiary/aromatic N) is 1. The van der Waals surface area contributed by atoms with Gasteiger partial charge in [-0.3, -0.25) is 4.98 Å². The molecule has 0 atom stereocenters. The lowest BCUT2D eigenvalue weighted by atomic mass is 10.1. The van der Waals surface area contributed by atoms with Gasteiger partial charge in [-0.05, 0) is 36.9 Å². The maximum absolute atomic E-state index is 13.6. The third kappa shape index (κ3) is 4.40. The van der Waals surface area contributed by atoms with Crippen molar-refractivity contribution < 1.29 is 9.13 Å². The molecule has 4 heteroatoms. The molecule has 0 aliphatic carbocycles. The van der Waals surface area contributed by atoms with Gasteiger partial charge in [0.1, 0.15) is 5.82 Å². The van der Waals surface area contributed by atoms with Gasteiger partial charge < -0.3 is 10.1 Å². The highest BCUT2D eigenvalue weighted by molar-refractivity contribution is 5.24. The highest BCUT2D eigenvalue weighted by Crippen LogP contribution is 2.12. The highest BCUT2D eigenvalue weighted by atomic mass is 19.1. The van der Waals surface area contributed by atoms with Crippen molar-refractivity contribution >= 4 is 0 Å². The molecule has 0 spiro atoms. The average molecular weight is 274 g/mol. The summed E-state index contributed by atoms with van der Waals surface area (Å²) in [6.07, 6.45) is 2.49. The molecule has 0 radical (unpaired) electrons. The van der Waals surface area contributed by atoms with Crippen molar-refractivity contribution in [3.05, 3.63) is 65.2 Å². The number of aromatic nitrogens is 1. The van der Waals surface area contributed by atoms with Crippen molar-refractivity contribution in [2.75, 3.05) is 13.7 Å². The van der Waals surface area contributed by atoms with Gasteiger partial charge in [0.25, 0.3) is 0 Å². The number of rotatable bonds is 7. The van der Waals surface area contributed by atoms with Gasteiger partial charge in [-0.2, -0.15) is 0 Å². The van der Waals surface area contributed by atoms with Gasteiger partial charge in [-0.1, -0.05) is 12.1 Å². The molecule has 0 saturated heterocycles. The normalized spacial score (nSPS) is 10.7. The largest absolute Gasteiger partial charge is 0.376 e. The fourth-order valence-electron chi connectivity index (χ4n) is 1.96. The molecule has 0 bridgehead atoms. The Morgan fingerprint density at radius 2 is 2.15 bits per heavy atom. The van der Waals surface area contributed by atoms with Crippen LogP contribution in [-0.4, -0.2) is 18.6 Å². The maximum Gasteiger partial charge on any atom is 0.128 e. The minimum absolute atomic E-state index is 0.220. The van der Waals surface area contributed by atoms with Crippen LogP contribution in [0.3, 0.4) is 0 Å². The molecule has 0 unspecified atom stereocenters. The first-order valence-electron chi connectivity index (χ1n) is 6.69. The summed E-state index contributed by atoms with van der Waals surface area (Å²) in [5.74, 6) is -0.220. The molecule has 3 nitrogen and oxygen atoms in total. The molecule has 2 rings (SSSR count). The zero-order chi connectivity index (χ0) is 14.2. The van der Waals surface area contributed by atoms with Crippen LogP contribution in [-0.2, 0) is 24.3 Å². The maximum atomic E-state index is 13.6. The van der Waals surface area contributed by atoms with Crippen LogP contribution in [0.4, 0.5) is 4.39 Å². The first-order chi connectivity index (χ1) is 9.79. The van der Waals surface area contributed by atoms with E-state index in [1.54, 1.807) is 12.3 Å². The van der Waals surface area contributed by atoms with E-state index in [4.69, 9.17) is 4.74 Å². The van der Waals surface area contributed by atoms with Crippen LogP contribution in [0.15, 0.2) is 42.6 Å². The first kappa shape index (κ1) is 14.6. The fraction of sp³-hybridized carbons (Fsp3) is 0.312. The molecular formula is C16H19FN2O. The van der Waals surface area contributed by atoms with E-state index in [2.05, 4.69) is 10.3 Å².